The van der Waals surface area contributed by atoms with Crippen LogP contribution in [0.4, 0.5) is 0 Å². The molecule has 2 aliphatic heterocycles. The van der Waals surface area contributed by atoms with Crippen molar-refractivity contribution < 1.29 is 28.2 Å². The Morgan fingerprint density at radius 2 is 1.96 bits per heavy atom. The molecule has 2 heterocycles. The van der Waals surface area contributed by atoms with E-state index < -0.39 is 7.75 Å². The normalized spacial score (nSPS) is 40.3. The van der Waals surface area contributed by atoms with Crippen molar-refractivity contribution in [2.45, 2.75) is 56.2 Å². The van der Waals surface area contributed by atoms with Gasteiger partial charge in [-0.05, 0) is 26.8 Å². The van der Waals surface area contributed by atoms with E-state index in [0.29, 0.717) is 13.0 Å². The van der Waals surface area contributed by atoms with Gasteiger partial charge in [0, 0.05) is 25.2 Å². The number of hydrogen-bond acceptors (Lipinski definition) is 6. The highest BCUT2D eigenvalue weighted by molar-refractivity contribution is 7.50. The Labute approximate surface area is 138 Å². The van der Waals surface area contributed by atoms with E-state index in [1.54, 1.807) is 7.11 Å². The van der Waals surface area contributed by atoms with Gasteiger partial charge in [0.1, 0.15) is 7.85 Å². The molecule has 2 fully saturated rings. The highest BCUT2D eigenvalue weighted by Crippen LogP contribution is 2.40. The van der Waals surface area contributed by atoms with E-state index in [9.17, 15) is 9.46 Å². The zero-order valence-corrected chi connectivity index (χ0v) is 15.1. The molecule has 8 nitrogen and oxygen atoms in total. The van der Waals surface area contributed by atoms with Crippen molar-refractivity contribution in [1.29, 1.82) is 0 Å². The van der Waals surface area contributed by atoms with Crippen molar-refractivity contribution in [2.24, 2.45) is 0 Å². The third-order valence-electron chi connectivity index (χ3n) is 4.33. The van der Waals surface area contributed by atoms with E-state index in [1.165, 1.54) is 0 Å². The van der Waals surface area contributed by atoms with Crippen molar-refractivity contribution in [3.05, 3.63) is 0 Å². The van der Waals surface area contributed by atoms with Crippen LogP contribution in [0.25, 0.3) is 0 Å². The maximum atomic E-state index is 12.3. The van der Waals surface area contributed by atoms with Crippen molar-refractivity contribution in [1.82, 2.24) is 10.4 Å². The highest BCUT2D eigenvalue weighted by Gasteiger charge is 2.39. The third-order valence-corrected chi connectivity index (χ3v) is 5.48. The molecule has 2 saturated heterocycles. The molecule has 134 valence electrons. The van der Waals surface area contributed by atoms with E-state index in [2.05, 4.69) is 10.4 Å². The molecule has 2 aliphatic rings. The van der Waals surface area contributed by atoms with Crippen LogP contribution in [0.1, 0.15) is 19.8 Å². The SMILES string of the molecule is B[C@H]1C[C@H](NP(=O)(O)OC[C@H]2O[C@@H](C)C[C@@H]2NC)[C@@H](COC)O1. The van der Waals surface area contributed by atoms with Gasteiger partial charge in [-0.15, -0.1) is 0 Å². The fraction of sp³-hybridized carbons (Fsp3) is 1.00. The Bertz CT molecular complexity index is 431. The number of hydrogen-bond donors (Lipinski definition) is 3. The van der Waals surface area contributed by atoms with Gasteiger partial charge in [0.25, 0.3) is 0 Å². The smallest absolute Gasteiger partial charge is 0.382 e. The lowest BCUT2D eigenvalue weighted by Crippen LogP contribution is -2.39. The van der Waals surface area contributed by atoms with Gasteiger partial charge < -0.3 is 24.4 Å². The molecule has 0 aromatic carbocycles. The molecule has 2 rings (SSSR count). The Kier molecular flexibility index (Phi) is 7.07. The summed E-state index contributed by atoms with van der Waals surface area (Å²) in [7, 11) is 1.43. The van der Waals surface area contributed by atoms with E-state index in [0.717, 1.165) is 6.42 Å². The molecular formula is C13H28BN2O6P. The van der Waals surface area contributed by atoms with Crippen molar-refractivity contribution in [2.75, 3.05) is 27.4 Å². The van der Waals surface area contributed by atoms with Crippen LogP contribution in [-0.2, 0) is 23.3 Å². The maximum Gasteiger partial charge on any atom is 0.403 e. The molecule has 0 aromatic heterocycles. The van der Waals surface area contributed by atoms with E-state index in [1.807, 2.05) is 21.8 Å². The molecule has 0 bridgehead atoms. The Morgan fingerprint density at radius 3 is 2.61 bits per heavy atom. The van der Waals surface area contributed by atoms with Crippen LogP contribution in [0.3, 0.4) is 0 Å². The Morgan fingerprint density at radius 1 is 1.26 bits per heavy atom. The van der Waals surface area contributed by atoms with E-state index in [4.69, 9.17) is 18.7 Å². The monoisotopic (exact) mass is 350 g/mol. The fourth-order valence-corrected chi connectivity index (χ4v) is 4.37. The number of ether oxygens (including phenoxy) is 3. The highest BCUT2D eigenvalue weighted by atomic mass is 31.2. The van der Waals surface area contributed by atoms with Gasteiger partial charge in [-0.1, -0.05) is 0 Å². The largest absolute Gasteiger partial charge is 0.403 e. The predicted molar refractivity (Wildman–Crippen MR) is 88.2 cm³/mol. The second-order valence-corrected chi connectivity index (χ2v) is 7.90. The van der Waals surface area contributed by atoms with Crippen molar-refractivity contribution in [3.63, 3.8) is 0 Å². The summed E-state index contributed by atoms with van der Waals surface area (Å²) >= 11 is 0. The van der Waals surface area contributed by atoms with E-state index >= 15 is 0 Å². The van der Waals surface area contributed by atoms with Crippen LogP contribution in [-0.4, -0.2) is 76.5 Å². The zero-order chi connectivity index (χ0) is 17.0. The molecule has 0 saturated carbocycles. The van der Waals surface area contributed by atoms with Gasteiger partial charge >= 0.3 is 7.75 Å². The van der Waals surface area contributed by atoms with Crippen molar-refractivity contribution in [3.8, 4) is 0 Å². The summed E-state index contributed by atoms with van der Waals surface area (Å²) in [6.45, 7) is 2.41. The third kappa shape index (κ3) is 5.51. The Balaban J connectivity index is 1.85. The quantitative estimate of drug-likeness (QED) is 0.388. The van der Waals surface area contributed by atoms with Crippen LogP contribution >= 0.6 is 7.75 Å². The first kappa shape index (κ1) is 19.3. The summed E-state index contributed by atoms with van der Waals surface area (Å²) in [4.78, 5) is 10.1. The van der Waals surface area contributed by atoms with Crippen LogP contribution in [0, 0.1) is 0 Å². The molecule has 0 spiro atoms. The first-order chi connectivity index (χ1) is 10.8. The number of likely N-dealkylation sites (N-methyl/N-ethyl adjacent to an activating group) is 1. The summed E-state index contributed by atoms with van der Waals surface area (Å²) in [6, 6.07) is -0.134. The first-order valence-corrected chi connectivity index (χ1v) is 9.64. The lowest BCUT2D eigenvalue weighted by atomic mass is 9.95. The summed E-state index contributed by atoms with van der Waals surface area (Å²) in [6.07, 6.45) is 1.12. The van der Waals surface area contributed by atoms with Crippen LogP contribution in [0.5, 0.6) is 0 Å². The van der Waals surface area contributed by atoms with Crippen LogP contribution in [0.2, 0.25) is 0 Å². The van der Waals surface area contributed by atoms with Gasteiger partial charge in [0.15, 0.2) is 0 Å². The van der Waals surface area contributed by atoms with Gasteiger partial charge in [0.05, 0.1) is 31.5 Å². The number of rotatable bonds is 8. The van der Waals surface area contributed by atoms with E-state index in [-0.39, 0.29) is 43.0 Å². The van der Waals surface area contributed by atoms with Crippen LogP contribution < -0.4 is 10.4 Å². The summed E-state index contributed by atoms with van der Waals surface area (Å²) in [5.74, 6) is 0. The topological polar surface area (TPSA) is 98.3 Å². The number of methoxy groups -OCH3 is 1. The molecule has 0 amide bonds. The minimum atomic E-state index is -3.93. The predicted octanol–water partition coefficient (Wildman–Crippen LogP) is -0.778. The van der Waals surface area contributed by atoms with Gasteiger partial charge in [0.2, 0.25) is 0 Å². The summed E-state index contributed by atoms with van der Waals surface area (Å²) < 4.78 is 34.1. The molecule has 3 N–H and O–H groups in total. The van der Waals surface area contributed by atoms with Crippen molar-refractivity contribution >= 4 is 15.6 Å². The molecule has 10 heteroatoms. The summed E-state index contributed by atoms with van der Waals surface area (Å²) in [5, 5.41) is 5.85. The van der Waals surface area contributed by atoms with Gasteiger partial charge in [-0.2, -0.15) is 0 Å². The second-order valence-electron chi connectivity index (χ2n) is 6.34. The Hall–Kier alpha value is 0.0149. The zero-order valence-electron chi connectivity index (χ0n) is 14.2. The van der Waals surface area contributed by atoms with Gasteiger partial charge in [-0.25, -0.2) is 9.65 Å². The molecule has 1 unspecified atom stereocenters. The minimum absolute atomic E-state index is 0.0142. The standard InChI is InChI=1S/C13H28BN2O6P/c1-8-4-9(15-2)12(21-8)7-20-23(17,18)16-10-5-13(14)22-11(10)6-19-3/h8-13,15H,4-7,14H2,1-3H3,(H2,16,17,18)/t8-,9-,10-,11+,12+,13+/m0/s1. The first-order valence-electron chi connectivity index (χ1n) is 8.07. The molecular weight excluding hydrogens is 322 g/mol. The lowest BCUT2D eigenvalue weighted by Gasteiger charge is -2.24. The van der Waals surface area contributed by atoms with Crippen LogP contribution in [0.15, 0.2) is 0 Å². The average Bonchev–Trinajstić information content (AvgIpc) is 2.99. The number of nitrogens with one attached hydrogen (secondary N) is 2. The summed E-state index contributed by atoms with van der Waals surface area (Å²) in [5.41, 5.74) is 0. The maximum absolute atomic E-state index is 12.3. The fourth-order valence-electron chi connectivity index (χ4n) is 3.25. The second kappa shape index (κ2) is 8.40. The molecule has 0 aromatic rings. The minimum Gasteiger partial charge on any atom is -0.382 e. The average molecular weight is 350 g/mol. The molecule has 0 radical (unpaired) electrons. The molecule has 0 aliphatic carbocycles. The molecule has 23 heavy (non-hydrogen) atoms. The van der Waals surface area contributed by atoms with Gasteiger partial charge in [-0.3, -0.25) is 4.52 Å². The molecule has 7 atom stereocenters. The lowest BCUT2D eigenvalue weighted by molar-refractivity contribution is 0.0114.